The van der Waals surface area contributed by atoms with Crippen LogP contribution in [-0.4, -0.2) is 23.5 Å². The maximum atomic E-state index is 12.1. The number of carboxylic acids is 1. The summed E-state index contributed by atoms with van der Waals surface area (Å²) >= 11 is 0. The number of hydrogen-bond acceptors (Lipinski definition) is 3. The average Bonchev–Trinajstić information content (AvgIpc) is 2.45. The molecule has 0 bridgehead atoms. The van der Waals surface area contributed by atoms with Crippen molar-refractivity contribution in [3.8, 4) is 0 Å². The van der Waals surface area contributed by atoms with Crippen LogP contribution in [0.25, 0.3) is 0 Å². The van der Waals surface area contributed by atoms with Crippen LogP contribution in [0.15, 0.2) is 30.3 Å². The van der Waals surface area contributed by atoms with Gasteiger partial charge in [0.25, 0.3) is 0 Å². The Bertz CT molecular complexity index is 430. The van der Waals surface area contributed by atoms with Crippen LogP contribution in [0, 0.1) is 5.92 Å². The number of hydrogen-bond donors (Lipinski definition) is 3. The molecule has 5 nitrogen and oxygen atoms in total. The minimum absolute atomic E-state index is 0.0132. The number of nitrogens with one attached hydrogen (secondary N) is 1. The van der Waals surface area contributed by atoms with Gasteiger partial charge in [-0.25, -0.2) is 0 Å². The van der Waals surface area contributed by atoms with Gasteiger partial charge in [-0.1, -0.05) is 37.3 Å². The molecule has 0 aliphatic rings. The molecule has 0 fully saturated rings. The molecule has 5 heteroatoms. The van der Waals surface area contributed by atoms with Crippen molar-refractivity contribution in [2.24, 2.45) is 11.7 Å². The fraction of sp³-hybridized carbons (Fsp3) is 0.467. The van der Waals surface area contributed by atoms with Gasteiger partial charge in [-0.05, 0) is 18.4 Å². The highest BCUT2D eigenvalue weighted by molar-refractivity contribution is 5.79. The molecule has 2 unspecified atom stereocenters. The Hall–Kier alpha value is -1.88. The van der Waals surface area contributed by atoms with Crippen molar-refractivity contribution in [2.45, 2.75) is 32.2 Å². The van der Waals surface area contributed by atoms with Crippen LogP contribution in [0.3, 0.4) is 0 Å². The molecule has 4 N–H and O–H groups in total. The molecule has 0 aromatic heterocycles. The van der Waals surface area contributed by atoms with E-state index in [0.29, 0.717) is 19.4 Å². The first-order chi connectivity index (χ1) is 9.58. The normalized spacial score (nSPS) is 13.5. The van der Waals surface area contributed by atoms with Gasteiger partial charge in [0.1, 0.15) is 0 Å². The molecule has 1 aromatic carbocycles. The van der Waals surface area contributed by atoms with Crippen LogP contribution in [0.1, 0.15) is 37.8 Å². The molecule has 1 rings (SSSR count). The summed E-state index contributed by atoms with van der Waals surface area (Å²) in [6.45, 7) is 2.20. The summed E-state index contributed by atoms with van der Waals surface area (Å²) in [5.41, 5.74) is 6.48. The molecule has 0 aliphatic carbocycles. The smallest absolute Gasteiger partial charge is 0.303 e. The Morgan fingerprint density at radius 2 is 1.95 bits per heavy atom. The lowest BCUT2D eigenvalue weighted by molar-refractivity contribution is -0.137. The number of amides is 1. The van der Waals surface area contributed by atoms with Gasteiger partial charge in [0, 0.05) is 18.9 Å². The Balaban J connectivity index is 2.77. The minimum atomic E-state index is -0.869. The van der Waals surface area contributed by atoms with E-state index in [2.05, 4.69) is 5.32 Å². The topological polar surface area (TPSA) is 92.4 Å². The van der Waals surface area contributed by atoms with E-state index in [1.54, 1.807) is 0 Å². The quantitative estimate of drug-likeness (QED) is 0.674. The van der Waals surface area contributed by atoms with E-state index in [-0.39, 0.29) is 24.3 Å². The molecule has 0 radical (unpaired) electrons. The fourth-order valence-electron chi connectivity index (χ4n) is 2.02. The van der Waals surface area contributed by atoms with Gasteiger partial charge in [-0.2, -0.15) is 0 Å². The number of rotatable bonds is 8. The third kappa shape index (κ3) is 5.01. The lowest BCUT2D eigenvalue weighted by Crippen LogP contribution is -2.37. The van der Waals surface area contributed by atoms with Crippen molar-refractivity contribution in [1.82, 2.24) is 5.32 Å². The Morgan fingerprint density at radius 3 is 2.45 bits per heavy atom. The van der Waals surface area contributed by atoms with Gasteiger partial charge in [0.05, 0.1) is 6.04 Å². The van der Waals surface area contributed by atoms with Crippen LogP contribution in [0.4, 0.5) is 0 Å². The maximum Gasteiger partial charge on any atom is 0.303 e. The molecule has 20 heavy (non-hydrogen) atoms. The lowest BCUT2D eigenvalue weighted by atomic mass is 9.99. The SMILES string of the molecule is CCC(CN)C(=O)NC(CCC(=O)O)c1ccccc1. The van der Waals surface area contributed by atoms with E-state index in [1.165, 1.54) is 0 Å². The van der Waals surface area contributed by atoms with E-state index in [1.807, 2.05) is 37.3 Å². The van der Waals surface area contributed by atoms with Crippen LogP contribution in [0.5, 0.6) is 0 Å². The zero-order chi connectivity index (χ0) is 15.0. The molecule has 0 saturated carbocycles. The minimum Gasteiger partial charge on any atom is -0.481 e. The molecule has 110 valence electrons. The molecule has 0 aliphatic heterocycles. The summed E-state index contributed by atoms with van der Waals surface area (Å²) in [6, 6.07) is 9.10. The Kier molecular flexibility index (Phi) is 6.73. The van der Waals surface area contributed by atoms with Gasteiger partial charge < -0.3 is 16.2 Å². The van der Waals surface area contributed by atoms with Crippen molar-refractivity contribution in [2.75, 3.05) is 6.54 Å². The standard InChI is InChI=1S/C15H22N2O3/c1-2-11(10-16)15(20)17-13(8-9-14(18)19)12-6-4-3-5-7-12/h3-7,11,13H,2,8-10,16H2,1H3,(H,17,20)(H,18,19). The number of benzene rings is 1. The largest absolute Gasteiger partial charge is 0.481 e. The summed E-state index contributed by atoms with van der Waals surface area (Å²) in [5.74, 6) is -1.22. The number of carboxylic acid groups (broad SMARTS) is 1. The number of aliphatic carboxylic acids is 1. The molecular formula is C15H22N2O3. The van der Waals surface area contributed by atoms with Crippen molar-refractivity contribution < 1.29 is 14.7 Å². The van der Waals surface area contributed by atoms with Crippen LogP contribution in [-0.2, 0) is 9.59 Å². The van der Waals surface area contributed by atoms with Gasteiger partial charge in [-0.3, -0.25) is 9.59 Å². The maximum absolute atomic E-state index is 12.1. The average molecular weight is 278 g/mol. The molecule has 0 saturated heterocycles. The molecule has 1 aromatic rings. The van der Waals surface area contributed by atoms with Gasteiger partial charge >= 0.3 is 5.97 Å². The number of nitrogens with two attached hydrogens (primary N) is 1. The summed E-state index contributed by atoms with van der Waals surface area (Å²) in [4.78, 5) is 22.8. The monoisotopic (exact) mass is 278 g/mol. The second-order valence-electron chi connectivity index (χ2n) is 4.75. The molecule has 0 spiro atoms. The highest BCUT2D eigenvalue weighted by Gasteiger charge is 2.20. The van der Waals surface area contributed by atoms with Crippen LogP contribution in [0.2, 0.25) is 0 Å². The highest BCUT2D eigenvalue weighted by atomic mass is 16.4. The predicted molar refractivity (Wildman–Crippen MR) is 77.0 cm³/mol. The second-order valence-corrected chi connectivity index (χ2v) is 4.75. The van der Waals surface area contributed by atoms with Gasteiger partial charge in [0.2, 0.25) is 5.91 Å². The first-order valence-electron chi connectivity index (χ1n) is 6.85. The van der Waals surface area contributed by atoms with E-state index in [0.717, 1.165) is 5.56 Å². The van der Waals surface area contributed by atoms with Crippen molar-refractivity contribution in [3.05, 3.63) is 35.9 Å². The Labute approximate surface area is 119 Å². The molecular weight excluding hydrogens is 256 g/mol. The zero-order valence-electron chi connectivity index (χ0n) is 11.7. The third-order valence-corrected chi connectivity index (χ3v) is 3.31. The zero-order valence-corrected chi connectivity index (χ0v) is 11.7. The summed E-state index contributed by atoms with van der Waals surface area (Å²) in [6.07, 6.45) is 1.05. The van der Waals surface area contributed by atoms with E-state index >= 15 is 0 Å². The van der Waals surface area contributed by atoms with Crippen molar-refractivity contribution in [1.29, 1.82) is 0 Å². The number of carbonyl (C=O) groups is 2. The molecule has 2 atom stereocenters. The van der Waals surface area contributed by atoms with E-state index in [9.17, 15) is 9.59 Å². The summed E-state index contributed by atoms with van der Waals surface area (Å²) in [7, 11) is 0. The lowest BCUT2D eigenvalue weighted by Gasteiger charge is -2.21. The summed E-state index contributed by atoms with van der Waals surface area (Å²) in [5, 5.41) is 11.7. The van der Waals surface area contributed by atoms with Gasteiger partial charge in [-0.15, -0.1) is 0 Å². The first-order valence-corrected chi connectivity index (χ1v) is 6.85. The van der Waals surface area contributed by atoms with Crippen LogP contribution < -0.4 is 11.1 Å². The number of carbonyl (C=O) groups excluding carboxylic acids is 1. The summed E-state index contributed by atoms with van der Waals surface area (Å²) < 4.78 is 0. The second kappa shape index (κ2) is 8.32. The predicted octanol–water partition coefficient (Wildman–Crippen LogP) is 1.69. The van der Waals surface area contributed by atoms with E-state index < -0.39 is 5.97 Å². The molecule has 1 amide bonds. The van der Waals surface area contributed by atoms with Crippen molar-refractivity contribution in [3.63, 3.8) is 0 Å². The fourth-order valence-corrected chi connectivity index (χ4v) is 2.02. The third-order valence-electron chi connectivity index (χ3n) is 3.31. The van der Waals surface area contributed by atoms with Crippen LogP contribution >= 0.6 is 0 Å². The first kappa shape index (κ1) is 16.2. The van der Waals surface area contributed by atoms with Crippen molar-refractivity contribution >= 4 is 11.9 Å². The Morgan fingerprint density at radius 1 is 1.30 bits per heavy atom. The van der Waals surface area contributed by atoms with E-state index in [4.69, 9.17) is 10.8 Å². The van der Waals surface area contributed by atoms with Gasteiger partial charge in [0.15, 0.2) is 0 Å². The molecule has 0 heterocycles. The highest BCUT2D eigenvalue weighted by Crippen LogP contribution is 2.19.